The van der Waals surface area contributed by atoms with Crippen LogP contribution < -0.4 is 10.6 Å². The molecule has 0 radical (unpaired) electrons. The van der Waals surface area contributed by atoms with Crippen molar-refractivity contribution in [2.24, 2.45) is 5.41 Å². The number of piperazine rings is 1. The topological polar surface area (TPSA) is 74.3 Å². The van der Waals surface area contributed by atoms with E-state index in [0.717, 1.165) is 19.6 Å². The molecule has 2 heterocycles. The monoisotopic (exact) mass is 396 g/mol. The first-order valence-electron chi connectivity index (χ1n) is 7.53. The SMILES string of the molecule is CC1CNCCN1C(=O)Cc1csc(NC(=O)C(C)(C)C)n1.Cl.Cl. The van der Waals surface area contributed by atoms with Crippen molar-refractivity contribution in [3.05, 3.63) is 11.1 Å². The summed E-state index contributed by atoms with van der Waals surface area (Å²) in [5, 5.41) is 8.45. The zero-order chi connectivity index (χ0) is 16.3. The van der Waals surface area contributed by atoms with Crippen LogP contribution in [0.25, 0.3) is 0 Å². The maximum atomic E-state index is 12.3. The molecule has 138 valence electrons. The van der Waals surface area contributed by atoms with Gasteiger partial charge in [-0.15, -0.1) is 36.2 Å². The van der Waals surface area contributed by atoms with Crippen LogP contribution in [0.2, 0.25) is 0 Å². The summed E-state index contributed by atoms with van der Waals surface area (Å²) in [6, 6.07) is 0.208. The minimum absolute atomic E-state index is 0. The van der Waals surface area contributed by atoms with Gasteiger partial charge in [-0.25, -0.2) is 4.98 Å². The molecule has 2 N–H and O–H groups in total. The highest BCUT2D eigenvalue weighted by atomic mass is 35.5. The number of halogens is 2. The lowest BCUT2D eigenvalue weighted by molar-refractivity contribution is -0.133. The average Bonchev–Trinajstić information content (AvgIpc) is 2.85. The summed E-state index contributed by atoms with van der Waals surface area (Å²) in [7, 11) is 0. The summed E-state index contributed by atoms with van der Waals surface area (Å²) < 4.78 is 0. The molecule has 1 aromatic rings. The number of nitrogens with zero attached hydrogens (tertiary/aromatic N) is 2. The molecule has 0 bridgehead atoms. The van der Waals surface area contributed by atoms with Crippen LogP contribution in [0, 0.1) is 5.41 Å². The third-order valence-electron chi connectivity index (χ3n) is 3.61. The lowest BCUT2D eigenvalue weighted by atomic mass is 9.96. The zero-order valence-corrected chi connectivity index (χ0v) is 16.9. The van der Waals surface area contributed by atoms with Gasteiger partial charge in [0.2, 0.25) is 11.8 Å². The van der Waals surface area contributed by atoms with Crippen molar-refractivity contribution in [3.8, 4) is 0 Å². The normalized spacial score (nSPS) is 17.5. The highest BCUT2D eigenvalue weighted by Gasteiger charge is 2.25. The van der Waals surface area contributed by atoms with Crippen LogP contribution in [0.1, 0.15) is 33.4 Å². The molecule has 1 saturated heterocycles. The smallest absolute Gasteiger partial charge is 0.231 e. The molecule has 2 amide bonds. The van der Waals surface area contributed by atoms with Crippen LogP contribution in [0.15, 0.2) is 5.38 Å². The van der Waals surface area contributed by atoms with Crippen molar-refractivity contribution < 1.29 is 9.59 Å². The molecule has 1 aromatic heterocycles. The second kappa shape index (κ2) is 9.56. The largest absolute Gasteiger partial charge is 0.337 e. The van der Waals surface area contributed by atoms with Crippen LogP contribution in [-0.2, 0) is 16.0 Å². The summed E-state index contributed by atoms with van der Waals surface area (Å²) in [5.74, 6) is 0.0171. The minimum Gasteiger partial charge on any atom is -0.337 e. The Morgan fingerprint density at radius 3 is 2.67 bits per heavy atom. The molecule has 1 aliphatic rings. The highest BCUT2D eigenvalue weighted by Crippen LogP contribution is 2.21. The van der Waals surface area contributed by atoms with Crippen molar-refractivity contribution in [2.75, 3.05) is 25.0 Å². The lowest BCUT2D eigenvalue weighted by Crippen LogP contribution is -2.52. The fraction of sp³-hybridized carbons (Fsp3) is 0.667. The van der Waals surface area contributed by atoms with E-state index in [4.69, 9.17) is 0 Å². The lowest BCUT2D eigenvalue weighted by Gasteiger charge is -2.33. The van der Waals surface area contributed by atoms with Gasteiger partial charge in [-0.2, -0.15) is 0 Å². The first kappa shape index (κ1) is 23.1. The van der Waals surface area contributed by atoms with Crippen molar-refractivity contribution in [1.29, 1.82) is 0 Å². The third kappa shape index (κ3) is 6.20. The standard InChI is InChI=1S/C15H24N4O2S.2ClH/c1-10-8-16-5-6-19(10)12(20)7-11-9-22-14(17-11)18-13(21)15(2,3)4;;/h9-10,16H,5-8H2,1-4H3,(H,17,18,21);2*1H. The van der Waals surface area contributed by atoms with E-state index in [-0.39, 0.29) is 49.1 Å². The van der Waals surface area contributed by atoms with Gasteiger partial charge in [-0.1, -0.05) is 20.8 Å². The number of hydrogen-bond acceptors (Lipinski definition) is 5. The number of nitrogens with one attached hydrogen (secondary N) is 2. The van der Waals surface area contributed by atoms with Crippen LogP contribution in [-0.4, -0.2) is 47.4 Å². The Morgan fingerprint density at radius 1 is 1.42 bits per heavy atom. The second-order valence-corrected chi connectivity index (χ2v) is 7.52. The van der Waals surface area contributed by atoms with E-state index in [1.54, 1.807) is 0 Å². The van der Waals surface area contributed by atoms with Crippen LogP contribution >= 0.6 is 36.2 Å². The number of thiazole rings is 1. The van der Waals surface area contributed by atoms with E-state index in [9.17, 15) is 9.59 Å². The number of carbonyl (C=O) groups excluding carboxylic acids is 2. The molecule has 0 saturated carbocycles. The maximum absolute atomic E-state index is 12.3. The highest BCUT2D eigenvalue weighted by molar-refractivity contribution is 7.13. The molecule has 1 fully saturated rings. The number of anilines is 1. The zero-order valence-electron chi connectivity index (χ0n) is 14.4. The number of aromatic nitrogens is 1. The Kier molecular flexibility index (Phi) is 9.20. The van der Waals surface area contributed by atoms with Gasteiger partial charge in [-0.05, 0) is 6.92 Å². The van der Waals surface area contributed by atoms with E-state index in [2.05, 4.69) is 15.6 Å². The molecule has 2 rings (SSSR count). The Labute approximate surface area is 159 Å². The Balaban J connectivity index is 0.00000264. The van der Waals surface area contributed by atoms with E-state index in [1.165, 1.54) is 11.3 Å². The number of carbonyl (C=O) groups is 2. The quantitative estimate of drug-likeness (QED) is 0.821. The molecule has 9 heteroatoms. The van der Waals surface area contributed by atoms with Gasteiger partial charge in [0.1, 0.15) is 0 Å². The molecule has 6 nitrogen and oxygen atoms in total. The number of rotatable bonds is 3. The number of hydrogen-bond donors (Lipinski definition) is 2. The van der Waals surface area contributed by atoms with Gasteiger partial charge < -0.3 is 15.5 Å². The van der Waals surface area contributed by atoms with Crippen molar-refractivity contribution >= 4 is 53.1 Å². The van der Waals surface area contributed by atoms with E-state index in [0.29, 0.717) is 10.8 Å². The second-order valence-electron chi connectivity index (χ2n) is 6.67. The summed E-state index contributed by atoms with van der Waals surface area (Å²) in [4.78, 5) is 30.5. The Morgan fingerprint density at radius 2 is 2.08 bits per heavy atom. The number of amides is 2. The Hall–Kier alpha value is -0.890. The van der Waals surface area contributed by atoms with E-state index >= 15 is 0 Å². The van der Waals surface area contributed by atoms with E-state index in [1.807, 2.05) is 38.0 Å². The molecule has 1 atom stereocenters. The summed E-state index contributed by atoms with van der Waals surface area (Å²) >= 11 is 1.36. The molecular weight excluding hydrogens is 371 g/mol. The van der Waals surface area contributed by atoms with Crippen molar-refractivity contribution in [3.63, 3.8) is 0 Å². The van der Waals surface area contributed by atoms with Gasteiger partial charge in [-0.3, -0.25) is 9.59 Å². The van der Waals surface area contributed by atoms with Gasteiger partial charge in [0, 0.05) is 36.5 Å². The molecule has 0 aromatic carbocycles. The molecule has 24 heavy (non-hydrogen) atoms. The first-order valence-corrected chi connectivity index (χ1v) is 8.41. The summed E-state index contributed by atoms with van der Waals surface area (Å²) in [5.41, 5.74) is 0.252. The average molecular weight is 397 g/mol. The van der Waals surface area contributed by atoms with Crippen molar-refractivity contribution in [1.82, 2.24) is 15.2 Å². The maximum Gasteiger partial charge on any atom is 0.231 e. The van der Waals surface area contributed by atoms with Gasteiger partial charge in [0.25, 0.3) is 0 Å². The third-order valence-corrected chi connectivity index (χ3v) is 4.41. The molecule has 1 unspecified atom stereocenters. The summed E-state index contributed by atoms with van der Waals surface area (Å²) in [6.07, 6.45) is 0.284. The molecular formula is C15H26Cl2N4O2S. The Bertz CT molecular complexity index is 560. The predicted molar refractivity (Wildman–Crippen MR) is 102 cm³/mol. The van der Waals surface area contributed by atoms with Crippen LogP contribution in [0.3, 0.4) is 0 Å². The molecule has 1 aliphatic heterocycles. The van der Waals surface area contributed by atoms with Gasteiger partial charge in [0.05, 0.1) is 12.1 Å². The summed E-state index contributed by atoms with van der Waals surface area (Å²) in [6.45, 7) is 10.00. The minimum atomic E-state index is -0.460. The fourth-order valence-corrected chi connectivity index (χ4v) is 2.90. The first-order chi connectivity index (χ1) is 10.3. The van der Waals surface area contributed by atoms with Crippen LogP contribution in [0.5, 0.6) is 0 Å². The fourth-order valence-electron chi connectivity index (χ4n) is 2.20. The van der Waals surface area contributed by atoms with Crippen LogP contribution in [0.4, 0.5) is 5.13 Å². The molecule has 0 aliphatic carbocycles. The predicted octanol–water partition coefficient (Wildman–Crippen LogP) is 2.33. The van der Waals surface area contributed by atoms with Gasteiger partial charge in [0.15, 0.2) is 5.13 Å². The van der Waals surface area contributed by atoms with E-state index < -0.39 is 5.41 Å². The molecule has 0 spiro atoms. The van der Waals surface area contributed by atoms with Crippen molar-refractivity contribution in [2.45, 2.75) is 40.2 Å². The van der Waals surface area contributed by atoms with Gasteiger partial charge >= 0.3 is 0 Å².